The van der Waals surface area contributed by atoms with Crippen LogP contribution in [0.2, 0.25) is 5.02 Å². The summed E-state index contributed by atoms with van der Waals surface area (Å²) in [5.41, 5.74) is 2.28. The Bertz CT molecular complexity index is 625. The third-order valence-corrected chi connectivity index (χ3v) is 4.00. The van der Waals surface area contributed by atoms with E-state index in [1.807, 2.05) is 49.4 Å². The quantitative estimate of drug-likeness (QED) is 0.579. The summed E-state index contributed by atoms with van der Waals surface area (Å²) >= 11 is 9.69. The first kappa shape index (κ1) is 16.9. The van der Waals surface area contributed by atoms with Crippen molar-refractivity contribution in [2.45, 2.75) is 19.4 Å². The molecule has 0 spiro atoms. The summed E-state index contributed by atoms with van der Waals surface area (Å²) in [6.45, 7) is 5.95. The molecule has 0 saturated carbocycles. The maximum absolute atomic E-state index is 6.22. The summed E-state index contributed by atoms with van der Waals surface area (Å²) in [6.07, 6.45) is 2.20. The molecule has 2 nitrogen and oxygen atoms in total. The van der Waals surface area contributed by atoms with Gasteiger partial charge in [0.2, 0.25) is 0 Å². The number of benzene rings is 2. The van der Waals surface area contributed by atoms with E-state index >= 15 is 0 Å². The normalized spacial score (nSPS) is 11.8. The molecule has 0 amide bonds. The van der Waals surface area contributed by atoms with Gasteiger partial charge in [-0.1, -0.05) is 46.2 Å². The monoisotopic (exact) mass is 380 g/mol. The van der Waals surface area contributed by atoms with E-state index in [9.17, 15) is 0 Å². The Labute approximate surface area is 144 Å². The van der Waals surface area contributed by atoms with E-state index in [0.717, 1.165) is 27.2 Å². The second-order valence-electron chi connectivity index (χ2n) is 4.98. The third-order valence-electron chi connectivity index (χ3n) is 3.14. The second kappa shape index (κ2) is 8.25. The van der Waals surface area contributed by atoms with Crippen LogP contribution in [0.3, 0.4) is 0 Å². The standard InChI is InChI=1S/C18H18BrClO2/c1-3-21-13(2)12-22-17-7-4-14(5-8-17)10-15-11-16(19)6-9-18(15)20/h3-9,11,13H,1,10,12H2,2H3. The molecule has 1 unspecified atom stereocenters. The third kappa shape index (κ3) is 5.08. The largest absolute Gasteiger partial charge is 0.495 e. The molecule has 2 rings (SSSR count). The van der Waals surface area contributed by atoms with Crippen molar-refractivity contribution in [2.75, 3.05) is 6.61 Å². The van der Waals surface area contributed by atoms with Gasteiger partial charge in [0.05, 0.1) is 6.26 Å². The number of hydrogen-bond acceptors (Lipinski definition) is 2. The highest BCUT2D eigenvalue weighted by molar-refractivity contribution is 9.10. The van der Waals surface area contributed by atoms with Gasteiger partial charge in [-0.05, 0) is 54.8 Å². The molecular formula is C18H18BrClO2. The van der Waals surface area contributed by atoms with Crippen LogP contribution in [-0.4, -0.2) is 12.7 Å². The highest BCUT2D eigenvalue weighted by Crippen LogP contribution is 2.24. The zero-order valence-electron chi connectivity index (χ0n) is 12.4. The Morgan fingerprint density at radius 3 is 2.64 bits per heavy atom. The van der Waals surface area contributed by atoms with Crippen LogP contribution in [0.4, 0.5) is 0 Å². The SMILES string of the molecule is C=COC(C)COc1ccc(Cc2cc(Br)ccc2Cl)cc1. The summed E-state index contributed by atoms with van der Waals surface area (Å²) < 4.78 is 11.9. The molecule has 22 heavy (non-hydrogen) atoms. The lowest BCUT2D eigenvalue weighted by Gasteiger charge is -2.13. The van der Waals surface area contributed by atoms with Gasteiger partial charge in [0.15, 0.2) is 0 Å². The van der Waals surface area contributed by atoms with Crippen molar-refractivity contribution < 1.29 is 9.47 Å². The number of rotatable bonds is 7. The van der Waals surface area contributed by atoms with E-state index in [4.69, 9.17) is 21.1 Å². The molecular weight excluding hydrogens is 364 g/mol. The molecule has 0 aliphatic rings. The molecule has 4 heteroatoms. The molecule has 0 bridgehead atoms. The van der Waals surface area contributed by atoms with Crippen molar-refractivity contribution in [3.8, 4) is 5.75 Å². The Hall–Kier alpha value is -1.45. The number of halogens is 2. The van der Waals surface area contributed by atoms with E-state index in [1.165, 1.54) is 11.8 Å². The molecule has 0 heterocycles. The summed E-state index contributed by atoms with van der Waals surface area (Å²) in [6, 6.07) is 13.9. The average molecular weight is 382 g/mol. The minimum absolute atomic E-state index is 0.0161. The fourth-order valence-electron chi connectivity index (χ4n) is 2.02. The van der Waals surface area contributed by atoms with Crippen LogP contribution in [0.5, 0.6) is 5.75 Å². The summed E-state index contributed by atoms with van der Waals surface area (Å²) in [5.74, 6) is 0.823. The smallest absolute Gasteiger partial charge is 0.129 e. The van der Waals surface area contributed by atoms with Crippen LogP contribution >= 0.6 is 27.5 Å². The lowest BCUT2D eigenvalue weighted by molar-refractivity contribution is 0.103. The van der Waals surface area contributed by atoms with Crippen molar-refractivity contribution in [1.82, 2.24) is 0 Å². The van der Waals surface area contributed by atoms with E-state index < -0.39 is 0 Å². The zero-order chi connectivity index (χ0) is 15.9. The first-order valence-corrected chi connectivity index (χ1v) is 8.17. The van der Waals surface area contributed by atoms with Crippen molar-refractivity contribution in [1.29, 1.82) is 0 Å². The maximum atomic E-state index is 6.22. The molecule has 0 fully saturated rings. The van der Waals surface area contributed by atoms with Gasteiger partial charge >= 0.3 is 0 Å². The van der Waals surface area contributed by atoms with Gasteiger partial charge in [0.25, 0.3) is 0 Å². The second-order valence-corrected chi connectivity index (χ2v) is 6.30. The van der Waals surface area contributed by atoms with E-state index in [-0.39, 0.29) is 6.10 Å². The first-order valence-electron chi connectivity index (χ1n) is 7.00. The molecule has 2 aromatic rings. The Balaban J connectivity index is 1.97. The maximum Gasteiger partial charge on any atom is 0.129 e. The van der Waals surface area contributed by atoms with Crippen molar-refractivity contribution in [3.63, 3.8) is 0 Å². The van der Waals surface area contributed by atoms with Gasteiger partial charge in [-0.2, -0.15) is 0 Å². The molecule has 2 aromatic carbocycles. The average Bonchev–Trinajstić information content (AvgIpc) is 2.50. The Morgan fingerprint density at radius 1 is 1.23 bits per heavy atom. The molecule has 0 saturated heterocycles. The number of ether oxygens (including phenoxy) is 2. The Kier molecular flexibility index (Phi) is 6.34. The fraction of sp³-hybridized carbons (Fsp3) is 0.222. The fourth-order valence-corrected chi connectivity index (χ4v) is 2.61. The highest BCUT2D eigenvalue weighted by atomic mass is 79.9. The summed E-state index contributed by atoms with van der Waals surface area (Å²) in [4.78, 5) is 0. The molecule has 0 N–H and O–H groups in total. The lowest BCUT2D eigenvalue weighted by atomic mass is 10.1. The van der Waals surface area contributed by atoms with Crippen LogP contribution in [0.15, 0.2) is 59.8 Å². The summed E-state index contributed by atoms with van der Waals surface area (Å²) in [5, 5.41) is 0.777. The minimum Gasteiger partial charge on any atom is -0.495 e. The van der Waals surface area contributed by atoms with Crippen molar-refractivity contribution in [2.24, 2.45) is 0 Å². The van der Waals surface area contributed by atoms with Gasteiger partial charge in [-0.3, -0.25) is 0 Å². The molecule has 0 aliphatic carbocycles. The van der Waals surface area contributed by atoms with E-state index in [0.29, 0.717) is 6.61 Å². The van der Waals surface area contributed by atoms with E-state index in [2.05, 4.69) is 22.5 Å². The van der Waals surface area contributed by atoms with Gasteiger partial charge in [0, 0.05) is 9.50 Å². The molecule has 1 atom stereocenters. The molecule has 0 aliphatic heterocycles. The molecule has 116 valence electrons. The van der Waals surface area contributed by atoms with Crippen LogP contribution in [-0.2, 0) is 11.2 Å². The Morgan fingerprint density at radius 2 is 1.95 bits per heavy atom. The van der Waals surface area contributed by atoms with Gasteiger partial charge in [-0.25, -0.2) is 0 Å². The summed E-state index contributed by atoms with van der Waals surface area (Å²) in [7, 11) is 0. The number of hydrogen-bond donors (Lipinski definition) is 0. The van der Waals surface area contributed by atoms with Crippen LogP contribution < -0.4 is 4.74 Å². The predicted octanol–water partition coefficient (Wildman–Crippen LogP) is 5.62. The van der Waals surface area contributed by atoms with Gasteiger partial charge in [0.1, 0.15) is 18.5 Å². The molecule has 0 radical (unpaired) electrons. The van der Waals surface area contributed by atoms with Crippen LogP contribution in [0.25, 0.3) is 0 Å². The van der Waals surface area contributed by atoms with Crippen LogP contribution in [0.1, 0.15) is 18.1 Å². The van der Waals surface area contributed by atoms with Crippen LogP contribution in [0, 0.1) is 0 Å². The first-order chi connectivity index (χ1) is 10.6. The van der Waals surface area contributed by atoms with Crippen molar-refractivity contribution >= 4 is 27.5 Å². The van der Waals surface area contributed by atoms with Crippen molar-refractivity contribution in [3.05, 3.63) is 75.9 Å². The zero-order valence-corrected chi connectivity index (χ0v) is 14.7. The van der Waals surface area contributed by atoms with Gasteiger partial charge in [-0.15, -0.1) is 0 Å². The topological polar surface area (TPSA) is 18.5 Å². The minimum atomic E-state index is -0.0161. The lowest BCUT2D eigenvalue weighted by Crippen LogP contribution is -2.15. The highest BCUT2D eigenvalue weighted by Gasteiger charge is 2.05. The molecule has 0 aromatic heterocycles. The predicted molar refractivity (Wildman–Crippen MR) is 94.6 cm³/mol. The van der Waals surface area contributed by atoms with Gasteiger partial charge < -0.3 is 9.47 Å². The van der Waals surface area contributed by atoms with E-state index in [1.54, 1.807) is 0 Å².